The van der Waals surface area contributed by atoms with Crippen molar-refractivity contribution in [2.45, 2.75) is 0 Å². The van der Waals surface area contributed by atoms with Gasteiger partial charge in [0.25, 0.3) is 0 Å². The molecule has 5 heteroatoms. The third-order valence-corrected chi connectivity index (χ3v) is 3.14. The molecule has 0 aliphatic carbocycles. The zero-order valence-corrected chi connectivity index (χ0v) is 10.4. The van der Waals surface area contributed by atoms with Crippen molar-refractivity contribution in [2.24, 2.45) is 0 Å². The summed E-state index contributed by atoms with van der Waals surface area (Å²) in [5.41, 5.74) is 0.887. The van der Waals surface area contributed by atoms with Crippen LogP contribution >= 0.6 is 15.9 Å². The van der Waals surface area contributed by atoms with E-state index in [1.807, 2.05) is 47.0 Å². The molecule has 0 aliphatic heterocycles. The lowest BCUT2D eigenvalue weighted by Gasteiger charge is -2.01. The van der Waals surface area contributed by atoms with Crippen molar-refractivity contribution >= 4 is 33.2 Å². The van der Waals surface area contributed by atoms with E-state index in [-0.39, 0.29) is 0 Å². The number of rotatable bonds is 2. The molecular formula is C12H9BrN4. The van der Waals surface area contributed by atoms with Gasteiger partial charge < -0.3 is 5.32 Å². The lowest BCUT2D eigenvalue weighted by molar-refractivity contribution is 1.15. The summed E-state index contributed by atoms with van der Waals surface area (Å²) in [5, 5.41) is 3.17. The lowest BCUT2D eigenvalue weighted by atomic mass is 10.4. The third kappa shape index (κ3) is 1.89. The number of anilines is 2. The van der Waals surface area contributed by atoms with E-state index in [2.05, 4.69) is 31.2 Å². The summed E-state index contributed by atoms with van der Waals surface area (Å²) in [6.45, 7) is 0. The first-order valence-electron chi connectivity index (χ1n) is 5.15. The maximum Gasteiger partial charge on any atom is 0.165 e. The summed E-state index contributed by atoms with van der Waals surface area (Å²) in [4.78, 5) is 8.68. The maximum absolute atomic E-state index is 4.47. The number of nitrogens with zero attached hydrogens (tertiary/aromatic N) is 3. The first-order chi connectivity index (χ1) is 8.34. The Morgan fingerprint density at radius 3 is 2.76 bits per heavy atom. The van der Waals surface area contributed by atoms with Crippen molar-refractivity contribution in [1.29, 1.82) is 0 Å². The number of halogens is 1. The van der Waals surface area contributed by atoms with Gasteiger partial charge >= 0.3 is 0 Å². The number of hydrogen-bond donors (Lipinski definition) is 1. The average Bonchev–Trinajstić information content (AvgIpc) is 2.68. The quantitative estimate of drug-likeness (QED) is 0.787. The monoisotopic (exact) mass is 288 g/mol. The number of imidazole rings is 1. The summed E-state index contributed by atoms with van der Waals surface area (Å²) in [6, 6.07) is 11.6. The molecule has 0 aliphatic rings. The summed E-state index contributed by atoms with van der Waals surface area (Å²) in [7, 11) is 0. The van der Waals surface area contributed by atoms with E-state index in [4.69, 9.17) is 0 Å². The Labute approximate surface area is 106 Å². The minimum absolute atomic E-state index is 0.759. The minimum Gasteiger partial charge on any atom is -0.323 e. The lowest BCUT2D eigenvalue weighted by Crippen LogP contribution is -1.93. The van der Waals surface area contributed by atoms with Crippen molar-refractivity contribution < 1.29 is 0 Å². The van der Waals surface area contributed by atoms with Gasteiger partial charge in [0.2, 0.25) is 0 Å². The molecule has 3 rings (SSSR count). The number of hydrogen-bond acceptors (Lipinski definition) is 3. The highest BCUT2D eigenvalue weighted by atomic mass is 79.9. The molecule has 0 saturated carbocycles. The second kappa shape index (κ2) is 4.18. The molecule has 4 nitrogen and oxygen atoms in total. The molecule has 0 amide bonds. The molecule has 3 aromatic rings. The average molecular weight is 289 g/mol. The van der Waals surface area contributed by atoms with Gasteiger partial charge in [-0.1, -0.05) is 12.1 Å². The highest BCUT2D eigenvalue weighted by Crippen LogP contribution is 2.25. The predicted octanol–water partition coefficient (Wildman–Crippen LogP) is 3.24. The Hall–Kier alpha value is -1.88. The van der Waals surface area contributed by atoms with Crippen LogP contribution in [0, 0.1) is 0 Å². The topological polar surface area (TPSA) is 42.2 Å². The Bertz CT molecular complexity index is 648. The third-order valence-electron chi connectivity index (χ3n) is 2.38. The Kier molecular flexibility index (Phi) is 2.53. The van der Waals surface area contributed by atoms with Gasteiger partial charge in [-0.2, -0.15) is 0 Å². The zero-order chi connectivity index (χ0) is 11.7. The van der Waals surface area contributed by atoms with Crippen LogP contribution in [0.15, 0.2) is 53.4 Å². The van der Waals surface area contributed by atoms with Crippen LogP contribution in [0.25, 0.3) is 5.65 Å². The van der Waals surface area contributed by atoms with Crippen LogP contribution in [0.1, 0.15) is 0 Å². The number of pyridine rings is 2. The fraction of sp³-hybridized carbons (Fsp3) is 0. The largest absolute Gasteiger partial charge is 0.323 e. The summed E-state index contributed by atoms with van der Waals surface area (Å²) in [5.74, 6) is 1.53. The van der Waals surface area contributed by atoms with E-state index < -0.39 is 0 Å². The van der Waals surface area contributed by atoms with Gasteiger partial charge in [-0.3, -0.25) is 4.40 Å². The van der Waals surface area contributed by atoms with Gasteiger partial charge in [0.15, 0.2) is 5.82 Å². The molecule has 3 heterocycles. The first kappa shape index (κ1) is 10.3. The second-order valence-corrected chi connectivity index (χ2v) is 4.27. The molecule has 0 fully saturated rings. The highest BCUT2D eigenvalue weighted by Gasteiger charge is 2.08. The van der Waals surface area contributed by atoms with Crippen molar-refractivity contribution in [1.82, 2.24) is 14.4 Å². The molecule has 84 valence electrons. The van der Waals surface area contributed by atoms with Crippen molar-refractivity contribution in [3.8, 4) is 0 Å². The van der Waals surface area contributed by atoms with E-state index in [9.17, 15) is 0 Å². The van der Waals surface area contributed by atoms with E-state index in [1.54, 1.807) is 6.20 Å². The van der Waals surface area contributed by atoms with Crippen molar-refractivity contribution in [3.63, 3.8) is 0 Å². The molecule has 0 saturated heterocycles. The highest BCUT2D eigenvalue weighted by molar-refractivity contribution is 9.10. The number of nitrogens with one attached hydrogen (secondary N) is 1. The van der Waals surface area contributed by atoms with Crippen molar-refractivity contribution in [2.75, 3.05) is 5.32 Å². The molecule has 17 heavy (non-hydrogen) atoms. The fourth-order valence-electron chi connectivity index (χ4n) is 1.60. The SMILES string of the molecule is Brc1c(Nc2ccccn2)nc2ccccn12. The molecule has 0 atom stereocenters. The van der Waals surface area contributed by atoms with E-state index >= 15 is 0 Å². The van der Waals surface area contributed by atoms with Gasteiger partial charge in [-0.15, -0.1) is 0 Å². The zero-order valence-electron chi connectivity index (χ0n) is 8.84. The fourth-order valence-corrected chi connectivity index (χ4v) is 2.09. The van der Waals surface area contributed by atoms with Crippen LogP contribution in [-0.2, 0) is 0 Å². The van der Waals surface area contributed by atoms with Gasteiger partial charge in [0.1, 0.15) is 16.1 Å². The van der Waals surface area contributed by atoms with Gasteiger partial charge in [0.05, 0.1) is 0 Å². The standard InChI is InChI=1S/C12H9BrN4/c13-11-12(15-9-5-1-3-7-14-9)16-10-6-2-4-8-17(10)11/h1-8H,(H,14,15). The molecule has 0 unspecified atom stereocenters. The van der Waals surface area contributed by atoms with E-state index in [1.165, 1.54) is 0 Å². The Morgan fingerprint density at radius 1 is 1.12 bits per heavy atom. The molecule has 0 bridgehead atoms. The Balaban J connectivity index is 2.04. The number of fused-ring (bicyclic) bond motifs is 1. The molecular weight excluding hydrogens is 280 g/mol. The van der Waals surface area contributed by atoms with Gasteiger partial charge in [-0.05, 0) is 40.2 Å². The number of aromatic nitrogens is 3. The van der Waals surface area contributed by atoms with Gasteiger partial charge in [0, 0.05) is 12.4 Å². The van der Waals surface area contributed by atoms with Crippen LogP contribution < -0.4 is 5.32 Å². The first-order valence-corrected chi connectivity index (χ1v) is 5.94. The van der Waals surface area contributed by atoms with Crippen LogP contribution in [0.4, 0.5) is 11.6 Å². The minimum atomic E-state index is 0.759. The van der Waals surface area contributed by atoms with Gasteiger partial charge in [-0.25, -0.2) is 9.97 Å². The van der Waals surface area contributed by atoms with Crippen LogP contribution in [0.2, 0.25) is 0 Å². The van der Waals surface area contributed by atoms with Crippen molar-refractivity contribution in [3.05, 3.63) is 53.4 Å². The molecule has 3 aromatic heterocycles. The van der Waals surface area contributed by atoms with Crippen LogP contribution in [-0.4, -0.2) is 14.4 Å². The second-order valence-electron chi connectivity index (χ2n) is 3.52. The summed E-state index contributed by atoms with van der Waals surface area (Å²) < 4.78 is 2.85. The summed E-state index contributed by atoms with van der Waals surface area (Å²) >= 11 is 3.52. The smallest absolute Gasteiger partial charge is 0.165 e. The normalized spacial score (nSPS) is 10.6. The van der Waals surface area contributed by atoms with Crippen LogP contribution in [0.3, 0.4) is 0 Å². The predicted molar refractivity (Wildman–Crippen MR) is 70.4 cm³/mol. The molecule has 0 spiro atoms. The summed E-state index contributed by atoms with van der Waals surface area (Å²) in [6.07, 6.45) is 3.70. The molecule has 0 aromatic carbocycles. The van der Waals surface area contributed by atoms with E-state index in [0.29, 0.717) is 0 Å². The molecule has 1 N–H and O–H groups in total. The molecule has 0 radical (unpaired) electrons. The maximum atomic E-state index is 4.47. The van der Waals surface area contributed by atoms with E-state index in [0.717, 1.165) is 21.9 Å². The Morgan fingerprint density at radius 2 is 2.00 bits per heavy atom. The van der Waals surface area contributed by atoms with Crippen LogP contribution in [0.5, 0.6) is 0 Å².